The SMILES string of the molecule is COc1cccc(OCC(C)(NC(C)C)C(N)=O)c1. The number of primary amides is 1. The average Bonchev–Trinajstić information content (AvgIpc) is 2.35. The molecule has 5 heteroatoms. The number of hydrogen-bond acceptors (Lipinski definition) is 4. The zero-order valence-corrected chi connectivity index (χ0v) is 11.9. The molecule has 5 nitrogen and oxygen atoms in total. The Bertz CT molecular complexity index is 434. The normalized spacial score (nSPS) is 13.9. The molecule has 0 aliphatic rings. The molecule has 106 valence electrons. The topological polar surface area (TPSA) is 73.6 Å². The highest BCUT2D eigenvalue weighted by molar-refractivity contribution is 5.84. The van der Waals surface area contributed by atoms with Gasteiger partial charge >= 0.3 is 0 Å². The van der Waals surface area contributed by atoms with E-state index in [1.807, 2.05) is 26.0 Å². The summed E-state index contributed by atoms with van der Waals surface area (Å²) >= 11 is 0. The molecule has 0 aliphatic carbocycles. The van der Waals surface area contributed by atoms with Crippen LogP contribution in [0.5, 0.6) is 11.5 Å². The van der Waals surface area contributed by atoms with Gasteiger partial charge in [-0.1, -0.05) is 6.07 Å². The first-order chi connectivity index (χ1) is 8.87. The van der Waals surface area contributed by atoms with Gasteiger partial charge in [-0.15, -0.1) is 0 Å². The zero-order valence-electron chi connectivity index (χ0n) is 11.9. The predicted octanol–water partition coefficient (Wildman–Crippen LogP) is 1.32. The molecule has 1 unspecified atom stereocenters. The molecular formula is C14H22N2O3. The summed E-state index contributed by atoms with van der Waals surface area (Å²) in [6.07, 6.45) is 0. The fraction of sp³-hybridized carbons (Fsp3) is 0.500. The highest BCUT2D eigenvalue weighted by Crippen LogP contribution is 2.20. The molecule has 0 heterocycles. The Morgan fingerprint density at radius 1 is 1.42 bits per heavy atom. The van der Waals surface area contributed by atoms with Crippen LogP contribution in [0, 0.1) is 0 Å². The number of rotatable bonds is 7. The van der Waals surface area contributed by atoms with E-state index in [1.165, 1.54) is 0 Å². The van der Waals surface area contributed by atoms with Gasteiger partial charge in [0.25, 0.3) is 0 Å². The third-order valence-electron chi connectivity index (χ3n) is 2.72. The number of carbonyl (C=O) groups is 1. The largest absolute Gasteiger partial charge is 0.497 e. The molecule has 0 saturated heterocycles. The molecule has 1 amide bonds. The quantitative estimate of drug-likeness (QED) is 0.780. The van der Waals surface area contributed by atoms with Crippen molar-refractivity contribution in [1.82, 2.24) is 5.32 Å². The van der Waals surface area contributed by atoms with Crippen LogP contribution in [-0.4, -0.2) is 31.2 Å². The van der Waals surface area contributed by atoms with Gasteiger partial charge in [0.2, 0.25) is 5.91 Å². The minimum Gasteiger partial charge on any atom is -0.497 e. The highest BCUT2D eigenvalue weighted by Gasteiger charge is 2.32. The maximum Gasteiger partial charge on any atom is 0.240 e. The smallest absolute Gasteiger partial charge is 0.240 e. The van der Waals surface area contributed by atoms with Crippen molar-refractivity contribution in [1.29, 1.82) is 0 Å². The molecule has 0 bridgehead atoms. The first-order valence-electron chi connectivity index (χ1n) is 6.22. The Kier molecular flexibility index (Phi) is 5.18. The third kappa shape index (κ3) is 4.44. The van der Waals surface area contributed by atoms with Crippen LogP contribution >= 0.6 is 0 Å². The maximum absolute atomic E-state index is 11.6. The van der Waals surface area contributed by atoms with Crippen molar-refractivity contribution in [2.45, 2.75) is 32.4 Å². The van der Waals surface area contributed by atoms with Gasteiger partial charge in [0, 0.05) is 12.1 Å². The molecule has 0 aromatic heterocycles. The monoisotopic (exact) mass is 266 g/mol. The summed E-state index contributed by atoms with van der Waals surface area (Å²) in [6, 6.07) is 7.35. The molecule has 1 rings (SSSR count). The lowest BCUT2D eigenvalue weighted by atomic mass is 10.0. The van der Waals surface area contributed by atoms with Crippen LogP contribution in [0.15, 0.2) is 24.3 Å². The fourth-order valence-electron chi connectivity index (χ4n) is 1.74. The molecule has 19 heavy (non-hydrogen) atoms. The summed E-state index contributed by atoms with van der Waals surface area (Å²) in [5.74, 6) is 0.900. The summed E-state index contributed by atoms with van der Waals surface area (Å²) in [7, 11) is 1.59. The van der Waals surface area contributed by atoms with Gasteiger partial charge in [-0.25, -0.2) is 0 Å². The van der Waals surface area contributed by atoms with Crippen molar-refractivity contribution < 1.29 is 14.3 Å². The van der Waals surface area contributed by atoms with Crippen LogP contribution in [0.2, 0.25) is 0 Å². The lowest BCUT2D eigenvalue weighted by molar-refractivity contribution is -0.125. The second-order valence-corrected chi connectivity index (χ2v) is 4.96. The van der Waals surface area contributed by atoms with Crippen LogP contribution < -0.4 is 20.5 Å². The van der Waals surface area contributed by atoms with Crippen LogP contribution in [-0.2, 0) is 4.79 Å². The van der Waals surface area contributed by atoms with E-state index in [4.69, 9.17) is 15.2 Å². The second-order valence-electron chi connectivity index (χ2n) is 4.96. The Morgan fingerprint density at radius 3 is 2.58 bits per heavy atom. The minimum atomic E-state index is -0.906. The van der Waals surface area contributed by atoms with E-state index in [0.717, 1.165) is 0 Å². The molecule has 1 aromatic carbocycles. The molecule has 0 fully saturated rings. The van der Waals surface area contributed by atoms with Crippen molar-refractivity contribution in [2.24, 2.45) is 5.73 Å². The lowest BCUT2D eigenvalue weighted by Crippen LogP contribution is -2.59. The Morgan fingerprint density at radius 2 is 2.05 bits per heavy atom. The van der Waals surface area contributed by atoms with Gasteiger partial charge in [0.15, 0.2) is 0 Å². The van der Waals surface area contributed by atoms with E-state index in [1.54, 1.807) is 26.2 Å². The standard InChI is InChI=1S/C14H22N2O3/c1-10(2)16-14(3,13(15)17)9-19-12-7-5-6-11(8-12)18-4/h5-8,10,16H,9H2,1-4H3,(H2,15,17). The summed E-state index contributed by atoms with van der Waals surface area (Å²) in [4.78, 5) is 11.6. The number of carbonyl (C=O) groups excluding carboxylic acids is 1. The molecule has 3 N–H and O–H groups in total. The van der Waals surface area contributed by atoms with Crippen molar-refractivity contribution in [3.8, 4) is 11.5 Å². The van der Waals surface area contributed by atoms with Gasteiger partial charge in [0.1, 0.15) is 23.6 Å². The minimum absolute atomic E-state index is 0.131. The molecule has 0 spiro atoms. The Labute approximate surface area is 114 Å². The molecule has 0 radical (unpaired) electrons. The van der Waals surface area contributed by atoms with Gasteiger partial charge in [0.05, 0.1) is 7.11 Å². The van der Waals surface area contributed by atoms with E-state index in [0.29, 0.717) is 11.5 Å². The number of nitrogens with one attached hydrogen (secondary N) is 1. The number of amides is 1. The van der Waals surface area contributed by atoms with Crippen LogP contribution in [0.4, 0.5) is 0 Å². The average molecular weight is 266 g/mol. The van der Waals surface area contributed by atoms with Gasteiger partial charge in [-0.3, -0.25) is 10.1 Å². The number of ether oxygens (including phenoxy) is 2. The summed E-state index contributed by atoms with van der Waals surface area (Å²) < 4.78 is 10.7. The van der Waals surface area contributed by atoms with E-state index in [2.05, 4.69) is 5.32 Å². The molecule has 0 aliphatic heterocycles. The predicted molar refractivity (Wildman–Crippen MR) is 74.4 cm³/mol. The zero-order chi connectivity index (χ0) is 14.5. The number of benzene rings is 1. The fourth-order valence-corrected chi connectivity index (χ4v) is 1.74. The van der Waals surface area contributed by atoms with E-state index in [-0.39, 0.29) is 12.6 Å². The number of nitrogens with two attached hydrogens (primary N) is 1. The van der Waals surface area contributed by atoms with Crippen LogP contribution in [0.25, 0.3) is 0 Å². The number of hydrogen-bond donors (Lipinski definition) is 2. The molecular weight excluding hydrogens is 244 g/mol. The van der Waals surface area contributed by atoms with Crippen LogP contribution in [0.1, 0.15) is 20.8 Å². The van der Waals surface area contributed by atoms with Crippen molar-refractivity contribution in [3.05, 3.63) is 24.3 Å². The Hall–Kier alpha value is -1.75. The van der Waals surface area contributed by atoms with E-state index < -0.39 is 11.4 Å². The first-order valence-corrected chi connectivity index (χ1v) is 6.22. The van der Waals surface area contributed by atoms with Crippen molar-refractivity contribution in [2.75, 3.05) is 13.7 Å². The maximum atomic E-state index is 11.6. The summed E-state index contributed by atoms with van der Waals surface area (Å²) in [5, 5.41) is 3.12. The van der Waals surface area contributed by atoms with Gasteiger partial charge in [-0.05, 0) is 32.9 Å². The van der Waals surface area contributed by atoms with E-state index in [9.17, 15) is 4.79 Å². The van der Waals surface area contributed by atoms with Gasteiger partial charge in [-0.2, -0.15) is 0 Å². The summed E-state index contributed by atoms with van der Waals surface area (Å²) in [6.45, 7) is 5.79. The van der Waals surface area contributed by atoms with Crippen molar-refractivity contribution >= 4 is 5.91 Å². The number of methoxy groups -OCH3 is 1. The first kappa shape index (κ1) is 15.3. The molecule has 1 atom stereocenters. The van der Waals surface area contributed by atoms with E-state index >= 15 is 0 Å². The summed E-state index contributed by atoms with van der Waals surface area (Å²) in [5.41, 5.74) is 4.53. The van der Waals surface area contributed by atoms with Crippen LogP contribution in [0.3, 0.4) is 0 Å². The molecule has 1 aromatic rings. The molecule has 0 saturated carbocycles. The van der Waals surface area contributed by atoms with Crippen molar-refractivity contribution in [3.63, 3.8) is 0 Å². The Balaban J connectivity index is 2.73. The second kappa shape index (κ2) is 6.43. The third-order valence-corrected chi connectivity index (χ3v) is 2.72. The van der Waals surface area contributed by atoms with Gasteiger partial charge < -0.3 is 15.2 Å². The lowest BCUT2D eigenvalue weighted by Gasteiger charge is -2.29. The highest BCUT2D eigenvalue weighted by atomic mass is 16.5.